The van der Waals surface area contributed by atoms with Crippen LogP contribution >= 0.6 is 0 Å². The number of carbonyl (C=O) groups excluding carboxylic acids is 3. The third-order valence-electron chi connectivity index (χ3n) is 7.29. The number of benzene rings is 2. The van der Waals surface area contributed by atoms with Gasteiger partial charge in [-0.2, -0.15) is 0 Å². The minimum Gasteiger partial charge on any atom is -0.493 e. The molecule has 190 valence electrons. The highest BCUT2D eigenvalue weighted by Gasteiger charge is 2.40. The maximum atomic E-state index is 13.0. The fraction of sp³-hybridized carbons (Fsp3) is 0.379. The Bertz CT molecular complexity index is 1380. The summed E-state index contributed by atoms with van der Waals surface area (Å²) in [4.78, 5) is 43.1. The molecule has 6 rings (SSSR count). The minimum absolute atomic E-state index is 0.196. The SMILES string of the molecule is O=C1CCC(N2Cc3c(OCCCCOc4cc(C5CC5)nc5ccccc45)cccc3C2=O)C(=O)N1. The van der Waals surface area contributed by atoms with Gasteiger partial charge in [0.15, 0.2) is 0 Å². The number of piperidine rings is 1. The van der Waals surface area contributed by atoms with E-state index < -0.39 is 11.9 Å². The molecule has 1 saturated heterocycles. The number of hydrogen-bond acceptors (Lipinski definition) is 6. The van der Waals surface area contributed by atoms with Crippen molar-refractivity contribution in [1.82, 2.24) is 15.2 Å². The molecule has 37 heavy (non-hydrogen) atoms. The second-order valence-corrected chi connectivity index (χ2v) is 9.92. The van der Waals surface area contributed by atoms with Crippen LogP contribution in [0.2, 0.25) is 0 Å². The second-order valence-electron chi connectivity index (χ2n) is 9.92. The zero-order valence-electron chi connectivity index (χ0n) is 20.6. The van der Waals surface area contributed by atoms with Crippen LogP contribution in [-0.4, -0.2) is 46.9 Å². The monoisotopic (exact) mass is 499 g/mol. The van der Waals surface area contributed by atoms with Crippen LogP contribution in [0.4, 0.5) is 0 Å². The van der Waals surface area contributed by atoms with Crippen molar-refractivity contribution in [3.8, 4) is 11.5 Å². The number of imide groups is 1. The van der Waals surface area contributed by atoms with Gasteiger partial charge in [0.2, 0.25) is 11.8 Å². The minimum atomic E-state index is -0.632. The van der Waals surface area contributed by atoms with Crippen LogP contribution < -0.4 is 14.8 Å². The fourth-order valence-corrected chi connectivity index (χ4v) is 5.13. The van der Waals surface area contributed by atoms with Crippen LogP contribution in [0, 0.1) is 0 Å². The molecule has 8 nitrogen and oxygen atoms in total. The van der Waals surface area contributed by atoms with Gasteiger partial charge in [-0.15, -0.1) is 0 Å². The maximum absolute atomic E-state index is 13.0. The Labute approximate surface area is 215 Å². The average Bonchev–Trinajstić information content (AvgIpc) is 3.70. The van der Waals surface area contributed by atoms with E-state index in [4.69, 9.17) is 14.5 Å². The number of para-hydroxylation sites is 1. The lowest BCUT2D eigenvalue weighted by Gasteiger charge is -2.29. The smallest absolute Gasteiger partial charge is 0.255 e. The van der Waals surface area contributed by atoms with Crippen LogP contribution in [0.1, 0.15) is 66.1 Å². The molecule has 2 aliphatic heterocycles. The van der Waals surface area contributed by atoms with Gasteiger partial charge in [-0.1, -0.05) is 18.2 Å². The van der Waals surface area contributed by atoms with Crippen molar-refractivity contribution >= 4 is 28.6 Å². The first kappa shape index (κ1) is 23.5. The Balaban J connectivity index is 1.03. The van der Waals surface area contributed by atoms with Gasteiger partial charge in [0.25, 0.3) is 5.91 Å². The largest absolute Gasteiger partial charge is 0.493 e. The van der Waals surface area contributed by atoms with Crippen molar-refractivity contribution in [2.75, 3.05) is 13.2 Å². The lowest BCUT2D eigenvalue weighted by molar-refractivity contribution is -0.136. The first-order valence-corrected chi connectivity index (χ1v) is 13.0. The second kappa shape index (κ2) is 9.84. The van der Waals surface area contributed by atoms with Gasteiger partial charge in [-0.3, -0.25) is 24.7 Å². The normalized spacial score (nSPS) is 19.2. The summed E-state index contributed by atoms with van der Waals surface area (Å²) in [5, 5.41) is 3.37. The summed E-state index contributed by atoms with van der Waals surface area (Å²) in [6.07, 6.45) is 4.59. The average molecular weight is 500 g/mol. The van der Waals surface area contributed by atoms with Crippen molar-refractivity contribution in [3.05, 3.63) is 65.4 Å². The summed E-state index contributed by atoms with van der Waals surface area (Å²) >= 11 is 0. The van der Waals surface area contributed by atoms with E-state index in [9.17, 15) is 14.4 Å². The van der Waals surface area contributed by atoms with Crippen molar-refractivity contribution < 1.29 is 23.9 Å². The Morgan fingerprint density at radius 1 is 0.919 bits per heavy atom. The molecule has 1 atom stereocenters. The zero-order chi connectivity index (χ0) is 25.4. The Hall–Kier alpha value is -3.94. The number of ether oxygens (including phenoxy) is 2. The van der Waals surface area contributed by atoms with Gasteiger partial charge in [-0.05, 0) is 56.4 Å². The van der Waals surface area contributed by atoms with E-state index in [-0.39, 0.29) is 18.2 Å². The molecule has 8 heteroatoms. The van der Waals surface area contributed by atoms with Crippen molar-refractivity contribution in [2.24, 2.45) is 0 Å². The van der Waals surface area contributed by atoms with Gasteiger partial charge in [0, 0.05) is 40.6 Å². The summed E-state index contributed by atoms with van der Waals surface area (Å²) in [5.74, 6) is 1.21. The number of rotatable bonds is 9. The van der Waals surface area contributed by atoms with E-state index in [2.05, 4.69) is 11.4 Å². The van der Waals surface area contributed by atoms with Crippen LogP contribution in [0.5, 0.6) is 11.5 Å². The van der Waals surface area contributed by atoms with Gasteiger partial charge in [-0.25, -0.2) is 0 Å². The first-order chi connectivity index (χ1) is 18.1. The molecule has 1 N–H and O–H groups in total. The van der Waals surface area contributed by atoms with Gasteiger partial charge < -0.3 is 14.4 Å². The highest BCUT2D eigenvalue weighted by atomic mass is 16.5. The molecular formula is C29H29N3O5. The first-order valence-electron chi connectivity index (χ1n) is 13.0. The molecule has 1 aliphatic carbocycles. The van der Waals surface area contributed by atoms with Crippen LogP contribution in [0.15, 0.2) is 48.5 Å². The number of pyridine rings is 1. The summed E-state index contributed by atoms with van der Waals surface area (Å²) < 4.78 is 12.2. The number of amides is 3. The topological polar surface area (TPSA) is 97.8 Å². The zero-order valence-corrected chi connectivity index (χ0v) is 20.6. The molecule has 0 bridgehead atoms. The standard InChI is InChI=1S/C29H29N3O5/c33-27-13-12-24(28(34)31-27)32-17-21-19(29(32)35)7-5-9-25(21)36-14-3-4-15-37-26-16-23(18-10-11-18)30-22-8-2-1-6-20(22)26/h1-2,5-9,16,18,24H,3-4,10-15,17H2,(H,31,33,34). The quantitative estimate of drug-likeness (QED) is 0.352. The number of aromatic nitrogens is 1. The molecule has 0 radical (unpaired) electrons. The van der Waals surface area contributed by atoms with Crippen molar-refractivity contribution in [1.29, 1.82) is 0 Å². The van der Waals surface area contributed by atoms with Gasteiger partial charge in [0.05, 0.1) is 25.3 Å². The molecular weight excluding hydrogens is 470 g/mol. The Morgan fingerprint density at radius 2 is 1.70 bits per heavy atom. The Kier molecular flexibility index (Phi) is 6.24. The van der Waals surface area contributed by atoms with Crippen LogP contribution in [0.25, 0.3) is 10.9 Å². The lowest BCUT2D eigenvalue weighted by Crippen LogP contribution is -2.52. The van der Waals surface area contributed by atoms with Crippen LogP contribution in [0.3, 0.4) is 0 Å². The number of nitrogens with zero attached hydrogens (tertiary/aromatic N) is 2. The molecule has 3 amide bonds. The van der Waals surface area contributed by atoms with E-state index in [1.54, 1.807) is 17.0 Å². The highest BCUT2D eigenvalue weighted by molar-refractivity contribution is 6.05. The summed E-state index contributed by atoms with van der Waals surface area (Å²) in [5.41, 5.74) is 3.45. The van der Waals surface area contributed by atoms with Gasteiger partial charge in [0.1, 0.15) is 17.5 Å². The molecule has 1 unspecified atom stereocenters. The predicted molar refractivity (Wildman–Crippen MR) is 136 cm³/mol. The molecule has 1 saturated carbocycles. The molecule has 3 aliphatic rings. The van der Waals surface area contributed by atoms with E-state index >= 15 is 0 Å². The summed E-state index contributed by atoms with van der Waals surface area (Å²) in [6.45, 7) is 1.38. The van der Waals surface area contributed by atoms with Crippen LogP contribution in [-0.2, 0) is 16.1 Å². The van der Waals surface area contributed by atoms with E-state index in [1.165, 1.54) is 12.8 Å². The summed E-state index contributed by atoms with van der Waals surface area (Å²) in [7, 11) is 0. The molecule has 2 fully saturated rings. The molecule has 2 aromatic carbocycles. The third kappa shape index (κ3) is 4.75. The lowest BCUT2D eigenvalue weighted by atomic mass is 10.0. The third-order valence-corrected chi connectivity index (χ3v) is 7.29. The molecule has 1 aromatic heterocycles. The van der Waals surface area contributed by atoms with E-state index in [0.29, 0.717) is 43.4 Å². The molecule has 3 aromatic rings. The number of hydrogen-bond donors (Lipinski definition) is 1. The fourth-order valence-electron chi connectivity index (χ4n) is 5.13. The Morgan fingerprint density at radius 3 is 2.49 bits per heavy atom. The van der Waals surface area contributed by atoms with Crippen molar-refractivity contribution in [2.45, 2.75) is 57.0 Å². The number of fused-ring (bicyclic) bond motifs is 2. The molecule has 0 spiro atoms. The highest BCUT2D eigenvalue weighted by Crippen LogP contribution is 2.41. The maximum Gasteiger partial charge on any atom is 0.255 e. The van der Waals surface area contributed by atoms with Crippen molar-refractivity contribution in [3.63, 3.8) is 0 Å². The van der Waals surface area contributed by atoms with E-state index in [1.807, 2.05) is 30.3 Å². The summed E-state index contributed by atoms with van der Waals surface area (Å²) in [6, 6.07) is 15.0. The number of unbranched alkanes of at least 4 members (excludes halogenated alkanes) is 1. The van der Waals surface area contributed by atoms with E-state index in [0.717, 1.165) is 40.8 Å². The number of nitrogens with one attached hydrogen (secondary N) is 1. The predicted octanol–water partition coefficient (Wildman–Crippen LogP) is 4.11. The molecule has 3 heterocycles. The number of carbonyl (C=O) groups is 3. The van der Waals surface area contributed by atoms with Gasteiger partial charge >= 0.3 is 0 Å².